The predicted octanol–water partition coefficient (Wildman–Crippen LogP) is -4.07. The molecule has 0 saturated carbocycles. The fraction of sp³-hybridized carbons (Fsp3) is 0. The quantitative estimate of drug-likeness (QED) is 0.236. The zero-order chi connectivity index (χ0) is 4.28. The summed E-state index contributed by atoms with van der Waals surface area (Å²) < 4.78 is 0. The van der Waals surface area contributed by atoms with Crippen molar-refractivity contribution in [3.8, 4) is 0 Å². The Kier molecular flexibility index (Phi) is 7.42. The summed E-state index contributed by atoms with van der Waals surface area (Å²) in [4.78, 5) is 9.14. The monoisotopic (exact) mass is 78.0 g/mol. The van der Waals surface area contributed by atoms with Crippen LogP contribution >= 0.6 is 0 Å². The zero-order valence-electron chi connectivity index (χ0n) is 3.60. The topological polar surface area (TPSA) is 40.1 Å². The molecule has 0 aliphatic rings. The molecule has 0 rings (SSSR count). The van der Waals surface area contributed by atoms with Gasteiger partial charge in [-0.05, 0) is 6.08 Å². The Morgan fingerprint density at radius 1 is 1.83 bits per heavy atom. The number of hydrogen-bond donors (Lipinski definition) is 0. The zero-order valence-corrected chi connectivity index (χ0v) is 3.60. The number of hydrogen-bond acceptors (Lipinski definition) is 2. The van der Waals surface area contributed by atoms with Gasteiger partial charge < -0.3 is 9.90 Å². The van der Waals surface area contributed by atoms with Crippen molar-refractivity contribution in [3.63, 3.8) is 0 Å². The third kappa shape index (κ3) is 9.19. The molecule has 0 aliphatic carbocycles. The first-order valence-corrected chi connectivity index (χ1v) is 1.11. The molecule has 6 heavy (non-hydrogen) atoms. The fourth-order valence-corrected chi connectivity index (χ4v) is 0. The molecule has 0 unspecified atom stereocenters. The van der Waals surface area contributed by atoms with Crippen LogP contribution in [0.4, 0.5) is 0 Å². The van der Waals surface area contributed by atoms with E-state index in [0.29, 0.717) is 0 Å². The molecule has 0 aromatic carbocycles. The maximum absolute atomic E-state index is 9.14. The van der Waals surface area contributed by atoms with Crippen molar-refractivity contribution in [3.05, 3.63) is 12.7 Å². The molecule has 0 aromatic rings. The summed E-state index contributed by atoms with van der Waals surface area (Å²) in [5, 5.41) is 9.14. The largest absolute Gasteiger partial charge is 1.00 e. The van der Waals surface area contributed by atoms with Gasteiger partial charge in [-0.1, -0.05) is 6.58 Å². The van der Waals surface area contributed by atoms with E-state index in [4.69, 9.17) is 9.90 Å². The van der Waals surface area contributed by atoms with Crippen molar-refractivity contribution in [2.24, 2.45) is 0 Å². The Bertz CT molecular complexity index is 59.8. The summed E-state index contributed by atoms with van der Waals surface area (Å²) in [5.41, 5.74) is 0. The van der Waals surface area contributed by atoms with Crippen molar-refractivity contribution in [1.82, 2.24) is 0 Å². The first-order chi connectivity index (χ1) is 2.27. The van der Waals surface area contributed by atoms with Crippen LogP contribution in [0.15, 0.2) is 12.7 Å². The van der Waals surface area contributed by atoms with E-state index in [-0.39, 0.29) is 18.9 Å². The van der Waals surface area contributed by atoms with E-state index in [9.17, 15) is 0 Å². The molecular weight excluding hydrogens is 75.0 g/mol. The molecule has 3 heteroatoms. The fourth-order valence-electron chi connectivity index (χ4n) is 0. The Balaban J connectivity index is 0. The molecule has 0 atom stereocenters. The normalized spacial score (nSPS) is 5.33. The van der Waals surface area contributed by atoms with Gasteiger partial charge in [0.25, 0.3) is 0 Å². The Labute approximate surface area is 48.0 Å². The van der Waals surface area contributed by atoms with Gasteiger partial charge in [0, 0.05) is 0 Å². The minimum Gasteiger partial charge on any atom is -0.545 e. The summed E-state index contributed by atoms with van der Waals surface area (Å²) in [6, 6.07) is 0. The van der Waals surface area contributed by atoms with Crippen LogP contribution in [-0.4, -0.2) is 5.97 Å². The van der Waals surface area contributed by atoms with Gasteiger partial charge in [-0.2, -0.15) is 0 Å². The number of rotatable bonds is 1. The van der Waals surface area contributed by atoms with Gasteiger partial charge in [0.15, 0.2) is 0 Å². The third-order valence-electron chi connectivity index (χ3n) is 0.167. The molecule has 2 nitrogen and oxygen atoms in total. The number of carboxylic acids is 1. The van der Waals surface area contributed by atoms with Crippen molar-refractivity contribution in [1.29, 1.82) is 0 Å². The van der Waals surface area contributed by atoms with Crippen LogP contribution in [0, 0.1) is 0 Å². The third-order valence-corrected chi connectivity index (χ3v) is 0.167. The average molecular weight is 78.0 g/mol. The molecule has 0 fully saturated rings. The van der Waals surface area contributed by atoms with E-state index in [2.05, 4.69) is 6.58 Å². The molecule has 0 amide bonds. The second kappa shape index (κ2) is 4.81. The SMILES string of the molecule is C=CC(=O)[O-].[Li+]. The van der Waals surface area contributed by atoms with Crippen LogP contribution in [0.3, 0.4) is 0 Å². The van der Waals surface area contributed by atoms with Crippen LogP contribution in [0.5, 0.6) is 0 Å². The van der Waals surface area contributed by atoms with E-state index >= 15 is 0 Å². The predicted molar refractivity (Wildman–Crippen MR) is 15.2 cm³/mol. The van der Waals surface area contributed by atoms with Gasteiger partial charge in [-0.25, -0.2) is 0 Å². The minimum absolute atomic E-state index is 0. The number of aliphatic carboxylic acids is 1. The van der Waals surface area contributed by atoms with E-state index in [1.54, 1.807) is 0 Å². The Morgan fingerprint density at radius 2 is 2.00 bits per heavy atom. The average Bonchev–Trinajstić information content (AvgIpc) is 1.38. The van der Waals surface area contributed by atoms with E-state index in [1.807, 2.05) is 0 Å². The first kappa shape index (κ1) is 9.26. The maximum Gasteiger partial charge on any atom is 1.00 e. The molecule has 0 N–H and O–H groups in total. The second-order valence-electron chi connectivity index (χ2n) is 0.523. The summed E-state index contributed by atoms with van der Waals surface area (Å²) in [6.07, 6.45) is 0.722. The van der Waals surface area contributed by atoms with Crippen molar-refractivity contribution in [2.75, 3.05) is 0 Å². The van der Waals surface area contributed by atoms with E-state index in [1.165, 1.54) is 0 Å². The van der Waals surface area contributed by atoms with Crippen LogP contribution in [0.1, 0.15) is 0 Å². The van der Waals surface area contributed by atoms with Gasteiger partial charge in [0.1, 0.15) is 0 Å². The number of carbonyl (C=O) groups excluding carboxylic acids is 1. The molecule has 0 spiro atoms. The molecule has 0 bridgehead atoms. The summed E-state index contributed by atoms with van der Waals surface area (Å²) in [7, 11) is 0. The molecule has 0 heterocycles. The van der Waals surface area contributed by atoms with Crippen molar-refractivity contribution < 1.29 is 28.8 Å². The smallest absolute Gasteiger partial charge is 0.545 e. The van der Waals surface area contributed by atoms with Gasteiger partial charge in [-0.3, -0.25) is 0 Å². The van der Waals surface area contributed by atoms with Crippen molar-refractivity contribution >= 4 is 5.97 Å². The molecule has 28 valence electrons. The van der Waals surface area contributed by atoms with Crippen LogP contribution in [0.25, 0.3) is 0 Å². The second-order valence-corrected chi connectivity index (χ2v) is 0.523. The van der Waals surface area contributed by atoms with Crippen molar-refractivity contribution in [2.45, 2.75) is 0 Å². The van der Waals surface area contributed by atoms with Gasteiger partial charge >= 0.3 is 18.9 Å². The summed E-state index contributed by atoms with van der Waals surface area (Å²) in [5.74, 6) is -1.23. The van der Waals surface area contributed by atoms with Crippen LogP contribution in [0.2, 0.25) is 0 Å². The molecule has 0 aromatic heterocycles. The molecule has 0 saturated heterocycles. The van der Waals surface area contributed by atoms with Gasteiger partial charge in [-0.15, -0.1) is 0 Å². The first-order valence-electron chi connectivity index (χ1n) is 1.11. The van der Waals surface area contributed by atoms with E-state index in [0.717, 1.165) is 6.08 Å². The number of carboxylic acid groups (broad SMARTS) is 1. The van der Waals surface area contributed by atoms with Gasteiger partial charge in [0.05, 0.1) is 5.97 Å². The minimum atomic E-state index is -1.23. The molecule has 0 aliphatic heterocycles. The van der Waals surface area contributed by atoms with Crippen LogP contribution in [-0.2, 0) is 4.79 Å². The van der Waals surface area contributed by atoms with Crippen LogP contribution < -0.4 is 24.0 Å². The van der Waals surface area contributed by atoms with E-state index < -0.39 is 5.97 Å². The molecular formula is C3H3LiO2. The molecule has 0 radical (unpaired) electrons. The maximum atomic E-state index is 9.14. The number of carbonyl (C=O) groups is 1. The standard InChI is InChI=1S/C3H4O2.Li/c1-2-3(4)5;/h2H,1H2,(H,4,5);/q;+1/p-1. The summed E-state index contributed by atoms with van der Waals surface area (Å²) in [6.45, 7) is 2.90. The summed E-state index contributed by atoms with van der Waals surface area (Å²) >= 11 is 0. The van der Waals surface area contributed by atoms with Gasteiger partial charge in [0.2, 0.25) is 0 Å². The Morgan fingerprint density at radius 3 is 2.00 bits per heavy atom. The Hall–Kier alpha value is -0.193.